The highest BCUT2D eigenvalue weighted by molar-refractivity contribution is 5.98. The first kappa shape index (κ1) is 43.7. The van der Waals surface area contributed by atoms with E-state index in [-0.39, 0.29) is 11.8 Å². The van der Waals surface area contributed by atoms with Crippen LogP contribution in [0.2, 0.25) is 0 Å². The van der Waals surface area contributed by atoms with Crippen LogP contribution >= 0.6 is 0 Å². The van der Waals surface area contributed by atoms with Gasteiger partial charge in [0.05, 0.1) is 32.1 Å². The van der Waals surface area contributed by atoms with Gasteiger partial charge >= 0.3 is 0 Å². The van der Waals surface area contributed by atoms with Crippen molar-refractivity contribution in [3.8, 4) is 0 Å². The normalized spacial score (nSPS) is 15.9. The Bertz CT molecular complexity index is 824. The molecule has 1 saturated heterocycles. The number of likely N-dealkylation sites (tertiary alicyclic amines) is 1. The topological polar surface area (TPSA) is 134 Å². The van der Waals surface area contributed by atoms with E-state index in [9.17, 15) is 5.11 Å². The van der Waals surface area contributed by atoms with Crippen LogP contribution in [0, 0.1) is 11.3 Å². The van der Waals surface area contributed by atoms with Crippen molar-refractivity contribution in [2.75, 3.05) is 60.8 Å². The van der Waals surface area contributed by atoms with Crippen molar-refractivity contribution in [3.05, 3.63) is 60.1 Å². The van der Waals surface area contributed by atoms with Gasteiger partial charge in [0.1, 0.15) is 5.84 Å². The maximum absolute atomic E-state index is 9.78. The zero-order valence-corrected chi connectivity index (χ0v) is 28.0. The molecule has 244 valence electrons. The van der Waals surface area contributed by atoms with Crippen molar-refractivity contribution < 1.29 is 24.4 Å². The monoisotopic (exact) mass is 594 g/mol. The highest BCUT2D eigenvalue weighted by Crippen LogP contribution is 2.17. The summed E-state index contributed by atoms with van der Waals surface area (Å²) in [6.07, 6.45) is 14.8. The van der Waals surface area contributed by atoms with Crippen LogP contribution in [0.1, 0.15) is 67.2 Å². The van der Waals surface area contributed by atoms with E-state index >= 15 is 0 Å². The minimum absolute atomic E-state index is 0.180. The minimum atomic E-state index is 0.180. The second-order valence-corrected chi connectivity index (χ2v) is 9.40. The molecule has 1 aliphatic rings. The molecule has 1 fully saturated rings. The lowest BCUT2D eigenvalue weighted by atomic mass is 10.0. The van der Waals surface area contributed by atoms with Crippen LogP contribution in [-0.2, 0) is 14.2 Å². The molecule has 0 saturated carbocycles. The molecule has 9 nitrogen and oxygen atoms in total. The molecule has 42 heavy (non-hydrogen) atoms. The second-order valence-electron chi connectivity index (χ2n) is 9.40. The van der Waals surface area contributed by atoms with Gasteiger partial charge in [-0.15, -0.1) is 0 Å². The fourth-order valence-corrected chi connectivity index (χ4v) is 3.56. The Morgan fingerprint density at radius 1 is 1.19 bits per heavy atom. The summed E-state index contributed by atoms with van der Waals surface area (Å²) in [6.45, 7) is 19.6. The number of ether oxygens (including phenoxy) is 3. The van der Waals surface area contributed by atoms with Gasteiger partial charge in [0.25, 0.3) is 0 Å². The van der Waals surface area contributed by atoms with Gasteiger partial charge in [-0.3, -0.25) is 4.99 Å². The summed E-state index contributed by atoms with van der Waals surface area (Å²) in [7, 11) is 4.81. The van der Waals surface area contributed by atoms with Crippen LogP contribution in [0.5, 0.6) is 0 Å². The van der Waals surface area contributed by atoms with Crippen LogP contribution in [0.3, 0.4) is 0 Å². The number of allylic oxidation sites excluding steroid dienone is 3. The Morgan fingerprint density at radius 2 is 1.81 bits per heavy atom. The molecule has 1 atom stereocenters. The number of aliphatic hydroxyl groups excluding tert-OH is 2. The van der Waals surface area contributed by atoms with Crippen LogP contribution < -0.4 is 5.73 Å². The molecule has 0 aromatic carbocycles. The summed E-state index contributed by atoms with van der Waals surface area (Å²) in [5.41, 5.74) is 7.32. The number of unbranched alkanes of at least 4 members (excludes halogenated alkanes) is 1. The van der Waals surface area contributed by atoms with E-state index in [1.165, 1.54) is 0 Å². The second kappa shape index (κ2) is 31.2. The van der Waals surface area contributed by atoms with Crippen molar-refractivity contribution in [1.29, 1.82) is 5.41 Å². The smallest absolute Gasteiger partial charge is 0.156 e. The molecule has 0 aromatic heterocycles. The molecule has 0 aliphatic carbocycles. The predicted molar refractivity (Wildman–Crippen MR) is 180 cm³/mol. The molecule has 0 amide bonds. The van der Waals surface area contributed by atoms with Gasteiger partial charge in [0.2, 0.25) is 0 Å². The van der Waals surface area contributed by atoms with Crippen molar-refractivity contribution >= 4 is 11.5 Å². The first-order valence-electron chi connectivity index (χ1n) is 14.9. The minimum Gasteiger partial charge on any atom is -0.504 e. The summed E-state index contributed by atoms with van der Waals surface area (Å²) in [6, 6.07) is 0.288. The number of piperidine rings is 1. The van der Waals surface area contributed by atoms with Gasteiger partial charge in [-0.2, -0.15) is 0 Å². The van der Waals surface area contributed by atoms with Crippen LogP contribution in [0.4, 0.5) is 0 Å². The molecule has 0 radical (unpaired) electrons. The average molecular weight is 595 g/mol. The Balaban J connectivity index is -0.000000735. The lowest BCUT2D eigenvalue weighted by Gasteiger charge is -2.31. The standard InChI is InChI=1S/C19H33N3O3.C8H13NO.C4H10O.C2H6/c1-5-17(23)18(25-4)13-15(2)14-22-10-8-16(9-11-22)21-19(20)7-6-12-24-3;1-4-5-7(2)8(9)6-10-3;1-2-3-4-5;1-2/h5-7,13,15-16,23H,8-12,14H2,1-4H3,(H2,20,21);4-5,9H,1,6H2,2-3H3;5H,2-4H2,1H3;1-2H3/b7-6+,17-5+,18-13+;7-5+,9-8?;;. The first-order chi connectivity index (χ1) is 20.1. The van der Waals surface area contributed by atoms with E-state index in [0.29, 0.717) is 43.0 Å². The number of nitrogens with one attached hydrogen (secondary N) is 1. The van der Waals surface area contributed by atoms with Gasteiger partial charge in [0.15, 0.2) is 11.5 Å². The average Bonchev–Trinajstić information content (AvgIpc) is 2.99. The lowest BCUT2D eigenvalue weighted by molar-refractivity contribution is 0.196. The number of hydrogen-bond acceptors (Lipinski definition) is 8. The number of methoxy groups -OCH3 is 3. The molecule has 0 spiro atoms. The van der Waals surface area contributed by atoms with Crippen molar-refractivity contribution in [1.82, 2.24) is 4.90 Å². The number of amidine groups is 1. The zero-order chi connectivity index (χ0) is 32.8. The summed E-state index contributed by atoms with van der Waals surface area (Å²) in [5.74, 6) is 1.57. The van der Waals surface area contributed by atoms with E-state index in [1.54, 1.807) is 46.5 Å². The zero-order valence-electron chi connectivity index (χ0n) is 28.0. The van der Waals surface area contributed by atoms with E-state index in [2.05, 4.69) is 30.3 Å². The van der Waals surface area contributed by atoms with E-state index < -0.39 is 0 Å². The van der Waals surface area contributed by atoms with Crippen molar-refractivity contribution in [2.45, 2.75) is 73.3 Å². The Morgan fingerprint density at radius 3 is 2.24 bits per heavy atom. The fraction of sp³-hybridized carbons (Fsp3) is 0.636. The molecule has 5 N–H and O–H groups in total. The van der Waals surface area contributed by atoms with Gasteiger partial charge < -0.3 is 40.5 Å². The molecular weight excluding hydrogens is 532 g/mol. The molecular formula is C33H62N4O5. The number of nitrogens with zero attached hydrogens (tertiary/aromatic N) is 2. The van der Waals surface area contributed by atoms with E-state index in [0.717, 1.165) is 50.9 Å². The molecule has 0 aromatic rings. The number of rotatable bonds is 15. The van der Waals surface area contributed by atoms with Gasteiger partial charge in [0, 0.05) is 40.5 Å². The Kier molecular flexibility index (Phi) is 32.5. The molecule has 1 unspecified atom stereocenters. The van der Waals surface area contributed by atoms with E-state index in [1.807, 2.05) is 39.0 Å². The van der Waals surface area contributed by atoms with Gasteiger partial charge in [-0.25, -0.2) is 0 Å². The highest BCUT2D eigenvalue weighted by Gasteiger charge is 2.20. The van der Waals surface area contributed by atoms with Crippen LogP contribution in [0.15, 0.2) is 65.1 Å². The van der Waals surface area contributed by atoms with Crippen LogP contribution in [0.25, 0.3) is 0 Å². The number of hydrogen-bond donors (Lipinski definition) is 4. The number of aliphatic imine (C=N–C) groups is 1. The molecule has 0 bridgehead atoms. The quantitative estimate of drug-likeness (QED) is 0.0764. The highest BCUT2D eigenvalue weighted by atomic mass is 16.5. The Hall–Kier alpha value is -2.72. The summed E-state index contributed by atoms with van der Waals surface area (Å²) in [5, 5.41) is 25.2. The number of nitrogens with two attached hydrogens (primary N) is 1. The molecule has 1 heterocycles. The number of aliphatic hydroxyl groups is 2. The third-order valence-electron chi connectivity index (χ3n) is 5.81. The summed E-state index contributed by atoms with van der Waals surface area (Å²) >= 11 is 0. The van der Waals surface area contributed by atoms with Crippen LogP contribution in [-0.4, -0.2) is 93.5 Å². The molecule has 1 aliphatic heterocycles. The maximum atomic E-state index is 9.78. The van der Waals surface area contributed by atoms with E-state index in [4.69, 9.17) is 30.5 Å². The SMILES string of the molecule is C/C=C(O)\C(=C/C(C)CN1CCC(N=C(N)/C=C/COC)CC1)OC.C=C/C=C(\C)C(=N)COC.CC.CCCCO. The van der Waals surface area contributed by atoms with Crippen molar-refractivity contribution in [3.63, 3.8) is 0 Å². The third-order valence-corrected chi connectivity index (χ3v) is 5.81. The lowest BCUT2D eigenvalue weighted by Crippen LogP contribution is -2.38. The van der Waals surface area contributed by atoms with Crippen molar-refractivity contribution in [2.24, 2.45) is 16.6 Å². The largest absolute Gasteiger partial charge is 0.504 e. The summed E-state index contributed by atoms with van der Waals surface area (Å²) < 4.78 is 15.0. The summed E-state index contributed by atoms with van der Waals surface area (Å²) in [4.78, 5) is 6.99. The Labute approximate surface area is 257 Å². The fourth-order valence-electron chi connectivity index (χ4n) is 3.56. The molecule has 1 rings (SSSR count). The third kappa shape index (κ3) is 25.0. The maximum Gasteiger partial charge on any atom is 0.156 e. The predicted octanol–water partition coefficient (Wildman–Crippen LogP) is 6.23. The van der Waals surface area contributed by atoms with Gasteiger partial charge in [-0.05, 0) is 62.8 Å². The van der Waals surface area contributed by atoms with Gasteiger partial charge in [-0.1, -0.05) is 58.9 Å². The first-order valence-corrected chi connectivity index (χ1v) is 14.9. The molecule has 9 heteroatoms.